The lowest BCUT2D eigenvalue weighted by Crippen LogP contribution is -2.32. The largest absolute Gasteiger partial charge is 0.368 e. The fourth-order valence-corrected chi connectivity index (χ4v) is 1.73. The number of ketones is 1. The van der Waals surface area contributed by atoms with Gasteiger partial charge in [-0.25, -0.2) is 0 Å². The van der Waals surface area contributed by atoms with Gasteiger partial charge in [-0.05, 0) is 32.4 Å². The van der Waals surface area contributed by atoms with E-state index in [0.717, 1.165) is 18.7 Å². The van der Waals surface area contributed by atoms with Crippen LogP contribution in [0.25, 0.3) is 0 Å². The molecule has 0 spiro atoms. The molecule has 1 unspecified atom stereocenters. The molecule has 0 fully saturated rings. The van der Waals surface area contributed by atoms with Gasteiger partial charge in [0, 0.05) is 19.5 Å². The maximum absolute atomic E-state index is 11.1. The number of Topliss-reactive ketones (excluding diaryl/α,β-unsaturated/α-hetero) is 1. The Morgan fingerprint density at radius 3 is 2.50 bits per heavy atom. The highest BCUT2D eigenvalue weighted by molar-refractivity contribution is 5.92. The van der Waals surface area contributed by atoms with E-state index in [0.29, 0.717) is 11.7 Å². The second kappa shape index (κ2) is 5.64. The van der Waals surface area contributed by atoms with E-state index in [1.54, 1.807) is 12.3 Å². The van der Waals surface area contributed by atoms with Gasteiger partial charge < -0.3 is 4.90 Å². The zero-order chi connectivity index (χ0) is 12.1. The minimum atomic E-state index is 0.0122. The molecule has 1 heterocycles. The molecule has 1 aromatic rings. The van der Waals surface area contributed by atoms with Crippen molar-refractivity contribution in [2.75, 3.05) is 11.4 Å². The average Bonchev–Trinajstić information content (AvgIpc) is 2.30. The van der Waals surface area contributed by atoms with Crippen LogP contribution in [-0.4, -0.2) is 23.4 Å². The highest BCUT2D eigenvalue weighted by Crippen LogP contribution is 2.17. The van der Waals surface area contributed by atoms with Crippen LogP contribution in [0, 0.1) is 0 Å². The Morgan fingerprint density at radius 2 is 2.12 bits per heavy atom. The summed E-state index contributed by atoms with van der Waals surface area (Å²) in [5, 5.41) is 0. The second-order valence-corrected chi connectivity index (χ2v) is 4.00. The Morgan fingerprint density at radius 1 is 1.44 bits per heavy atom. The molecule has 3 nitrogen and oxygen atoms in total. The summed E-state index contributed by atoms with van der Waals surface area (Å²) in [5.41, 5.74) is 1.62. The second-order valence-electron chi connectivity index (χ2n) is 4.00. The molecule has 3 heteroatoms. The molecule has 88 valence electrons. The van der Waals surface area contributed by atoms with Crippen LogP contribution in [0.5, 0.6) is 0 Å². The summed E-state index contributed by atoms with van der Waals surface area (Å²) in [6, 6.07) is 4.26. The van der Waals surface area contributed by atoms with Gasteiger partial charge in [0.2, 0.25) is 0 Å². The van der Waals surface area contributed by atoms with Crippen molar-refractivity contribution in [1.29, 1.82) is 0 Å². The van der Waals surface area contributed by atoms with E-state index >= 15 is 0 Å². The van der Waals surface area contributed by atoms with Crippen molar-refractivity contribution in [2.45, 2.75) is 40.2 Å². The van der Waals surface area contributed by atoms with Gasteiger partial charge in [0.15, 0.2) is 5.78 Å². The van der Waals surface area contributed by atoms with Crippen LogP contribution >= 0.6 is 0 Å². The van der Waals surface area contributed by atoms with E-state index in [9.17, 15) is 4.79 Å². The van der Waals surface area contributed by atoms with Crippen molar-refractivity contribution in [1.82, 2.24) is 4.98 Å². The minimum absolute atomic E-state index is 0.0122. The Bertz CT molecular complexity index is 345. The molecule has 0 radical (unpaired) electrons. The van der Waals surface area contributed by atoms with Gasteiger partial charge in [0.05, 0.1) is 11.9 Å². The van der Waals surface area contributed by atoms with Crippen LogP contribution in [0.3, 0.4) is 0 Å². The first-order valence-corrected chi connectivity index (χ1v) is 5.83. The highest BCUT2D eigenvalue weighted by atomic mass is 16.1. The third-order valence-corrected chi connectivity index (χ3v) is 2.90. The van der Waals surface area contributed by atoms with Crippen LogP contribution < -0.4 is 4.90 Å². The number of hydrogen-bond acceptors (Lipinski definition) is 3. The Kier molecular flexibility index (Phi) is 4.47. The van der Waals surface area contributed by atoms with E-state index in [1.807, 2.05) is 6.07 Å². The van der Waals surface area contributed by atoms with Gasteiger partial charge in [0.1, 0.15) is 5.69 Å². The van der Waals surface area contributed by atoms with Crippen LogP contribution in [0.1, 0.15) is 44.6 Å². The number of hydrogen-bond donors (Lipinski definition) is 0. The summed E-state index contributed by atoms with van der Waals surface area (Å²) in [6.45, 7) is 8.99. The summed E-state index contributed by atoms with van der Waals surface area (Å²) in [5.74, 6) is 0.0122. The fraction of sp³-hybridized carbons (Fsp3) is 0.538. The molecule has 0 N–H and O–H groups in total. The molecule has 0 saturated carbocycles. The van der Waals surface area contributed by atoms with Crippen molar-refractivity contribution in [3.05, 3.63) is 24.0 Å². The lowest BCUT2D eigenvalue weighted by molar-refractivity contribution is 0.101. The van der Waals surface area contributed by atoms with Gasteiger partial charge in [-0.1, -0.05) is 6.92 Å². The van der Waals surface area contributed by atoms with Crippen molar-refractivity contribution < 1.29 is 4.79 Å². The van der Waals surface area contributed by atoms with Gasteiger partial charge in [-0.2, -0.15) is 0 Å². The molecule has 0 bridgehead atoms. The van der Waals surface area contributed by atoms with E-state index in [2.05, 4.69) is 30.7 Å². The number of nitrogens with zero attached hydrogens (tertiary/aromatic N) is 2. The first-order valence-electron chi connectivity index (χ1n) is 5.83. The van der Waals surface area contributed by atoms with Crippen molar-refractivity contribution in [3.63, 3.8) is 0 Å². The summed E-state index contributed by atoms with van der Waals surface area (Å²) < 4.78 is 0. The molecule has 16 heavy (non-hydrogen) atoms. The molecule has 0 saturated heterocycles. The van der Waals surface area contributed by atoms with E-state index in [1.165, 1.54) is 6.92 Å². The molecular weight excluding hydrogens is 200 g/mol. The number of aromatic nitrogens is 1. The zero-order valence-electron chi connectivity index (χ0n) is 10.5. The number of rotatable bonds is 5. The van der Waals surface area contributed by atoms with Gasteiger partial charge in [-0.3, -0.25) is 9.78 Å². The summed E-state index contributed by atoms with van der Waals surface area (Å²) in [7, 11) is 0. The Hall–Kier alpha value is -1.38. The van der Waals surface area contributed by atoms with Crippen molar-refractivity contribution >= 4 is 11.5 Å². The molecule has 1 aromatic heterocycles. The monoisotopic (exact) mass is 220 g/mol. The molecular formula is C13H20N2O. The predicted molar refractivity (Wildman–Crippen MR) is 67.0 cm³/mol. The van der Waals surface area contributed by atoms with Crippen molar-refractivity contribution in [2.24, 2.45) is 0 Å². The quantitative estimate of drug-likeness (QED) is 0.715. The minimum Gasteiger partial charge on any atom is -0.368 e. The Balaban J connectivity index is 2.90. The summed E-state index contributed by atoms with van der Waals surface area (Å²) >= 11 is 0. The van der Waals surface area contributed by atoms with Gasteiger partial charge in [-0.15, -0.1) is 0 Å². The topological polar surface area (TPSA) is 33.2 Å². The molecule has 0 aliphatic carbocycles. The molecule has 1 atom stereocenters. The normalized spacial score (nSPS) is 12.2. The first-order chi connectivity index (χ1) is 7.60. The fourth-order valence-electron chi connectivity index (χ4n) is 1.73. The third kappa shape index (κ3) is 2.81. The van der Waals surface area contributed by atoms with E-state index in [4.69, 9.17) is 0 Å². The van der Waals surface area contributed by atoms with Crippen LogP contribution in [0.2, 0.25) is 0 Å². The van der Waals surface area contributed by atoms with E-state index < -0.39 is 0 Å². The summed E-state index contributed by atoms with van der Waals surface area (Å²) in [4.78, 5) is 17.6. The number of carbonyl (C=O) groups is 1. The summed E-state index contributed by atoms with van der Waals surface area (Å²) in [6.07, 6.45) is 2.88. The standard InChI is InChI=1S/C13H20N2O/c1-5-10(3)15(6-2)12-7-8-13(11(4)16)14-9-12/h7-10H,5-6H2,1-4H3. The highest BCUT2D eigenvalue weighted by Gasteiger charge is 2.11. The van der Waals surface area contributed by atoms with Crippen LogP contribution in [-0.2, 0) is 0 Å². The number of anilines is 1. The van der Waals surface area contributed by atoms with Crippen LogP contribution in [0.4, 0.5) is 5.69 Å². The van der Waals surface area contributed by atoms with Crippen LogP contribution in [0.15, 0.2) is 18.3 Å². The molecule has 0 aromatic carbocycles. The third-order valence-electron chi connectivity index (χ3n) is 2.90. The predicted octanol–water partition coefficient (Wildman–Crippen LogP) is 2.91. The van der Waals surface area contributed by atoms with Gasteiger partial charge >= 0.3 is 0 Å². The van der Waals surface area contributed by atoms with E-state index in [-0.39, 0.29) is 5.78 Å². The molecule has 0 amide bonds. The smallest absolute Gasteiger partial charge is 0.178 e. The molecule has 1 rings (SSSR count). The SMILES string of the molecule is CCC(C)N(CC)c1ccc(C(C)=O)nc1. The number of carbonyl (C=O) groups excluding carboxylic acids is 1. The molecule has 0 aliphatic rings. The maximum atomic E-state index is 11.1. The lowest BCUT2D eigenvalue weighted by atomic mass is 10.2. The average molecular weight is 220 g/mol. The zero-order valence-corrected chi connectivity index (χ0v) is 10.5. The maximum Gasteiger partial charge on any atom is 0.178 e. The van der Waals surface area contributed by atoms with Gasteiger partial charge in [0.25, 0.3) is 0 Å². The first kappa shape index (κ1) is 12.7. The molecule has 0 aliphatic heterocycles. The van der Waals surface area contributed by atoms with Crippen molar-refractivity contribution in [3.8, 4) is 0 Å². The lowest BCUT2D eigenvalue weighted by Gasteiger charge is -2.29. The number of pyridine rings is 1. The Labute approximate surface area is 97.5 Å².